The van der Waals surface area contributed by atoms with Crippen molar-refractivity contribution in [1.82, 2.24) is 13.8 Å². The van der Waals surface area contributed by atoms with Crippen LogP contribution in [-0.4, -0.2) is 67.4 Å². The van der Waals surface area contributed by atoms with Gasteiger partial charge in [0.25, 0.3) is 5.56 Å². The van der Waals surface area contributed by atoms with E-state index in [0.29, 0.717) is 43.2 Å². The van der Waals surface area contributed by atoms with Crippen molar-refractivity contribution < 1.29 is 17.6 Å². The molecule has 0 N–H and O–H groups in total. The molecule has 5 rings (SSSR count). The minimum Gasteiger partial charge on any atom is -0.367 e. The number of anilines is 1. The van der Waals surface area contributed by atoms with Crippen LogP contribution in [0.15, 0.2) is 64.4 Å². The van der Waals surface area contributed by atoms with Gasteiger partial charge in [0.1, 0.15) is 17.3 Å². The van der Waals surface area contributed by atoms with E-state index in [1.54, 1.807) is 47.4 Å². The molecule has 0 aliphatic carbocycles. The standard InChI is InChI=1S/C27H31FN4O4S/c1-20-7-6-12-30(17-20)26(33)19-31-18-25(21-8-2-3-9-22(21)27(31)34)37(35,36)32-15-13-29(14-16-32)24-11-5-4-10-23(24)28/h2-5,8-11,18,20H,6-7,12-17,19H2,1H3/t20-/m0/s1. The largest absolute Gasteiger partial charge is 0.367 e. The Morgan fingerprint density at radius 3 is 2.35 bits per heavy atom. The first-order valence-corrected chi connectivity index (χ1v) is 14.1. The number of benzene rings is 2. The van der Waals surface area contributed by atoms with Gasteiger partial charge in [-0.05, 0) is 37.0 Å². The molecule has 3 heterocycles. The number of pyridine rings is 1. The number of halogens is 1. The van der Waals surface area contributed by atoms with Gasteiger partial charge >= 0.3 is 0 Å². The molecule has 3 aromatic rings. The Kier molecular flexibility index (Phi) is 7.04. The normalized spacial score (nSPS) is 19.4. The maximum Gasteiger partial charge on any atom is 0.258 e. The lowest BCUT2D eigenvalue weighted by Gasteiger charge is -2.35. The molecule has 196 valence electrons. The van der Waals surface area contributed by atoms with Crippen molar-refractivity contribution in [3.8, 4) is 0 Å². The van der Waals surface area contributed by atoms with Crippen LogP contribution in [0.5, 0.6) is 0 Å². The summed E-state index contributed by atoms with van der Waals surface area (Å²) < 4.78 is 44.5. The number of amides is 1. The molecule has 2 saturated heterocycles. The van der Waals surface area contributed by atoms with Crippen LogP contribution in [0.1, 0.15) is 19.8 Å². The molecular formula is C27H31FN4O4S. The van der Waals surface area contributed by atoms with Crippen molar-refractivity contribution in [1.29, 1.82) is 0 Å². The first kappa shape index (κ1) is 25.4. The second-order valence-corrected chi connectivity index (χ2v) is 11.8. The predicted octanol–water partition coefficient (Wildman–Crippen LogP) is 2.91. The summed E-state index contributed by atoms with van der Waals surface area (Å²) in [7, 11) is -3.98. The van der Waals surface area contributed by atoms with Gasteiger partial charge in [-0.15, -0.1) is 0 Å². The van der Waals surface area contributed by atoms with E-state index in [9.17, 15) is 22.4 Å². The predicted molar refractivity (Wildman–Crippen MR) is 141 cm³/mol. The molecule has 1 amide bonds. The van der Waals surface area contributed by atoms with Crippen molar-refractivity contribution >= 4 is 32.4 Å². The third kappa shape index (κ3) is 5.00. The summed E-state index contributed by atoms with van der Waals surface area (Å²) in [6.07, 6.45) is 3.29. The van der Waals surface area contributed by atoms with E-state index in [2.05, 4.69) is 6.92 Å². The summed E-state index contributed by atoms with van der Waals surface area (Å²) in [6.45, 7) is 4.19. The van der Waals surface area contributed by atoms with Gasteiger partial charge in [-0.2, -0.15) is 4.31 Å². The zero-order chi connectivity index (χ0) is 26.2. The number of hydrogen-bond acceptors (Lipinski definition) is 5. The van der Waals surface area contributed by atoms with Gasteiger partial charge in [0, 0.05) is 56.2 Å². The summed E-state index contributed by atoms with van der Waals surface area (Å²) in [4.78, 5) is 29.9. The van der Waals surface area contributed by atoms with Crippen LogP contribution in [0.2, 0.25) is 0 Å². The minimum atomic E-state index is -3.98. The first-order valence-electron chi connectivity index (χ1n) is 12.7. The molecule has 37 heavy (non-hydrogen) atoms. The van der Waals surface area contributed by atoms with Crippen LogP contribution in [-0.2, 0) is 21.4 Å². The van der Waals surface area contributed by atoms with Gasteiger partial charge in [-0.1, -0.05) is 37.3 Å². The Morgan fingerprint density at radius 2 is 1.65 bits per heavy atom. The highest BCUT2D eigenvalue weighted by Crippen LogP contribution is 2.27. The number of carbonyl (C=O) groups excluding carboxylic acids is 1. The number of hydrogen-bond donors (Lipinski definition) is 0. The molecule has 2 aliphatic rings. The van der Waals surface area contributed by atoms with Crippen molar-refractivity contribution in [3.63, 3.8) is 0 Å². The van der Waals surface area contributed by atoms with Gasteiger partial charge in [-0.3, -0.25) is 9.59 Å². The second-order valence-electron chi connectivity index (χ2n) is 9.90. The van der Waals surface area contributed by atoms with E-state index in [1.165, 1.54) is 21.1 Å². The molecular weight excluding hydrogens is 495 g/mol. The van der Waals surface area contributed by atoms with Gasteiger partial charge in [-0.25, -0.2) is 12.8 Å². The van der Waals surface area contributed by atoms with E-state index < -0.39 is 15.6 Å². The van der Waals surface area contributed by atoms with Crippen LogP contribution in [0, 0.1) is 11.7 Å². The van der Waals surface area contributed by atoms with Gasteiger partial charge in [0.2, 0.25) is 15.9 Å². The van der Waals surface area contributed by atoms with Crippen LogP contribution in [0.3, 0.4) is 0 Å². The van der Waals surface area contributed by atoms with E-state index >= 15 is 0 Å². The Morgan fingerprint density at radius 1 is 0.973 bits per heavy atom. The van der Waals surface area contributed by atoms with E-state index in [-0.39, 0.29) is 41.6 Å². The SMILES string of the molecule is C[C@H]1CCCN(C(=O)Cn2cc(S(=O)(=O)N3CCN(c4ccccc4F)CC3)c3ccccc3c2=O)C1. The van der Waals surface area contributed by atoms with E-state index in [0.717, 1.165) is 12.8 Å². The number of para-hydroxylation sites is 1. The monoisotopic (exact) mass is 526 g/mol. The average Bonchev–Trinajstić information content (AvgIpc) is 2.90. The molecule has 0 spiro atoms. The fraction of sp³-hybridized carbons (Fsp3) is 0.407. The minimum absolute atomic E-state index is 0.00172. The fourth-order valence-corrected chi connectivity index (χ4v) is 6.95. The number of nitrogens with zero attached hydrogens (tertiary/aromatic N) is 4. The molecule has 10 heteroatoms. The Hall–Kier alpha value is -3.24. The second kappa shape index (κ2) is 10.3. The molecule has 2 fully saturated rings. The molecule has 1 atom stereocenters. The molecule has 0 unspecified atom stereocenters. The maximum atomic E-state index is 14.3. The van der Waals surface area contributed by atoms with Gasteiger partial charge < -0.3 is 14.4 Å². The summed E-state index contributed by atoms with van der Waals surface area (Å²) in [5.74, 6) is -0.139. The summed E-state index contributed by atoms with van der Waals surface area (Å²) in [5.41, 5.74) is 0.0569. The number of piperazine rings is 1. The molecule has 2 aliphatic heterocycles. The smallest absolute Gasteiger partial charge is 0.258 e. The maximum absolute atomic E-state index is 14.3. The first-order chi connectivity index (χ1) is 17.8. The summed E-state index contributed by atoms with van der Waals surface area (Å²) in [6, 6.07) is 13.0. The highest BCUT2D eigenvalue weighted by Gasteiger charge is 2.32. The number of rotatable bonds is 5. The number of likely N-dealkylation sites (tertiary alicyclic amines) is 1. The molecule has 0 bridgehead atoms. The fourth-order valence-electron chi connectivity index (χ4n) is 5.31. The van der Waals surface area contributed by atoms with Crippen molar-refractivity contribution in [2.45, 2.75) is 31.2 Å². The summed E-state index contributed by atoms with van der Waals surface area (Å²) >= 11 is 0. The van der Waals surface area contributed by atoms with Crippen LogP contribution in [0.25, 0.3) is 10.8 Å². The van der Waals surface area contributed by atoms with E-state index in [1.807, 2.05) is 4.90 Å². The number of carbonyl (C=O) groups is 1. The Labute approximate surface area is 215 Å². The average molecular weight is 527 g/mol. The van der Waals surface area contributed by atoms with Crippen molar-refractivity contribution in [2.24, 2.45) is 5.92 Å². The molecule has 8 nitrogen and oxygen atoms in total. The number of sulfonamides is 1. The third-order valence-corrected chi connectivity index (χ3v) is 9.25. The Balaban J connectivity index is 1.44. The van der Waals surface area contributed by atoms with Crippen LogP contribution < -0.4 is 10.5 Å². The lowest BCUT2D eigenvalue weighted by Crippen LogP contribution is -2.49. The zero-order valence-corrected chi connectivity index (χ0v) is 21.7. The molecule has 1 aromatic heterocycles. The topological polar surface area (TPSA) is 82.9 Å². The Bertz CT molecular complexity index is 1480. The molecule has 0 radical (unpaired) electrons. The highest BCUT2D eigenvalue weighted by molar-refractivity contribution is 7.89. The van der Waals surface area contributed by atoms with Gasteiger partial charge in [0.05, 0.1) is 5.69 Å². The number of fused-ring (bicyclic) bond motifs is 1. The number of aromatic nitrogens is 1. The van der Waals surface area contributed by atoms with Gasteiger partial charge in [0.15, 0.2) is 0 Å². The molecule has 2 aromatic carbocycles. The zero-order valence-electron chi connectivity index (χ0n) is 20.8. The van der Waals surface area contributed by atoms with Crippen molar-refractivity contribution in [3.05, 3.63) is 70.9 Å². The third-order valence-electron chi connectivity index (χ3n) is 7.32. The number of piperidine rings is 1. The van der Waals surface area contributed by atoms with E-state index in [4.69, 9.17) is 0 Å². The molecule has 0 saturated carbocycles. The van der Waals surface area contributed by atoms with Crippen LogP contribution >= 0.6 is 0 Å². The van der Waals surface area contributed by atoms with Crippen molar-refractivity contribution in [2.75, 3.05) is 44.2 Å². The lowest BCUT2D eigenvalue weighted by atomic mass is 10.0. The highest BCUT2D eigenvalue weighted by atomic mass is 32.2. The summed E-state index contributed by atoms with van der Waals surface area (Å²) in [5, 5.41) is 0.590. The lowest BCUT2D eigenvalue weighted by molar-refractivity contribution is -0.133. The quantitative estimate of drug-likeness (QED) is 0.511. The van der Waals surface area contributed by atoms with Crippen LogP contribution in [0.4, 0.5) is 10.1 Å².